The molecule has 8 nitrogen and oxygen atoms in total. The van der Waals surface area contributed by atoms with Crippen LogP contribution in [0, 0.1) is 6.92 Å². The maximum Gasteiger partial charge on any atom is 0.323 e. The first-order chi connectivity index (χ1) is 16.1. The summed E-state index contributed by atoms with van der Waals surface area (Å²) in [5, 5.41) is 13.3. The number of benzene rings is 3. The van der Waals surface area contributed by atoms with Crippen molar-refractivity contribution < 1.29 is 9.59 Å². The van der Waals surface area contributed by atoms with E-state index in [4.69, 9.17) is 0 Å². The third-order valence-corrected chi connectivity index (χ3v) is 5.52. The van der Waals surface area contributed by atoms with Gasteiger partial charge in [0.05, 0.1) is 11.4 Å². The van der Waals surface area contributed by atoms with E-state index in [-0.39, 0.29) is 12.1 Å². The molecule has 0 saturated heterocycles. The minimum Gasteiger partial charge on any atom is -0.361 e. The highest BCUT2D eigenvalue weighted by atomic mass is 16.2. The number of aromatic amines is 2. The molecule has 0 aliphatic heterocycles. The fourth-order valence-electron chi connectivity index (χ4n) is 3.85. The fourth-order valence-corrected chi connectivity index (χ4v) is 3.85. The van der Waals surface area contributed by atoms with Gasteiger partial charge >= 0.3 is 12.1 Å². The molecule has 0 bridgehead atoms. The molecule has 3 aromatic carbocycles. The van der Waals surface area contributed by atoms with Gasteiger partial charge in [-0.05, 0) is 61.0 Å². The maximum atomic E-state index is 12.6. The summed E-state index contributed by atoms with van der Waals surface area (Å²) < 4.78 is 0. The van der Waals surface area contributed by atoms with Crippen molar-refractivity contribution in [1.29, 1.82) is 0 Å². The molecular weight excluding hydrogens is 416 g/mol. The molecule has 4 amide bonds. The Bertz CT molecular complexity index is 1370. The van der Waals surface area contributed by atoms with Gasteiger partial charge in [-0.3, -0.25) is 0 Å². The van der Waals surface area contributed by atoms with Crippen LogP contribution in [0.1, 0.15) is 5.56 Å². The highest BCUT2D eigenvalue weighted by Crippen LogP contribution is 2.26. The zero-order valence-corrected chi connectivity index (χ0v) is 17.8. The SMILES string of the molecule is Cc1c(NC(=O)Nc2cccc3[nH]ccc23)cccc1NC(=O)Nc1cccc2[nH]ccc12. The second-order valence-electron chi connectivity index (χ2n) is 7.63. The van der Waals surface area contributed by atoms with Crippen molar-refractivity contribution in [3.63, 3.8) is 0 Å². The first-order valence-corrected chi connectivity index (χ1v) is 10.5. The topological polar surface area (TPSA) is 114 Å². The Hall–Kier alpha value is -4.72. The predicted molar refractivity (Wildman–Crippen MR) is 133 cm³/mol. The molecule has 0 aliphatic carbocycles. The van der Waals surface area contributed by atoms with Crippen LogP contribution in [0.15, 0.2) is 79.1 Å². The summed E-state index contributed by atoms with van der Waals surface area (Å²) in [5.41, 5.74) is 5.22. The van der Waals surface area contributed by atoms with Gasteiger partial charge in [0.1, 0.15) is 0 Å². The molecule has 2 aromatic heterocycles. The van der Waals surface area contributed by atoms with Gasteiger partial charge in [0.25, 0.3) is 0 Å². The lowest BCUT2D eigenvalue weighted by molar-refractivity contribution is 0.261. The second kappa shape index (κ2) is 8.43. The van der Waals surface area contributed by atoms with Crippen LogP contribution in [-0.4, -0.2) is 22.0 Å². The first-order valence-electron chi connectivity index (χ1n) is 10.5. The van der Waals surface area contributed by atoms with E-state index in [1.54, 1.807) is 18.2 Å². The molecule has 0 aliphatic rings. The molecule has 0 radical (unpaired) electrons. The number of aromatic nitrogens is 2. The lowest BCUT2D eigenvalue weighted by Gasteiger charge is -2.15. The van der Waals surface area contributed by atoms with E-state index in [2.05, 4.69) is 31.2 Å². The molecule has 0 unspecified atom stereocenters. The summed E-state index contributed by atoms with van der Waals surface area (Å²) >= 11 is 0. The highest BCUT2D eigenvalue weighted by Gasteiger charge is 2.12. The normalized spacial score (nSPS) is 10.8. The molecule has 0 saturated carbocycles. The molecule has 2 heterocycles. The smallest absolute Gasteiger partial charge is 0.323 e. The monoisotopic (exact) mass is 438 g/mol. The Kier molecular flexibility index (Phi) is 5.16. The Morgan fingerprint density at radius 2 is 0.970 bits per heavy atom. The van der Waals surface area contributed by atoms with Crippen LogP contribution in [0.2, 0.25) is 0 Å². The van der Waals surface area contributed by atoms with Gasteiger partial charge in [-0.2, -0.15) is 0 Å². The van der Waals surface area contributed by atoms with Crippen molar-refractivity contribution in [2.75, 3.05) is 21.3 Å². The molecule has 6 N–H and O–H groups in total. The molecule has 0 fully saturated rings. The van der Waals surface area contributed by atoms with Gasteiger partial charge < -0.3 is 31.2 Å². The minimum absolute atomic E-state index is 0.368. The molecule has 5 aromatic rings. The number of hydrogen-bond donors (Lipinski definition) is 6. The van der Waals surface area contributed by atoms with Crippen LogP contribution >= 0.6 is 0 Å². The molecule has 8 heteroatoms. The Morgan fingerprint density at radius 1 is 0.576 bits per heavy atom. The summed E-state index contributed by atoms with van der Waals surface area (Å²) in [6.45, 7) is 1.84. The summed E-state index contributed by atoms with van der Waals surface area (Å²) in [6, 6.07) is 19.8. The quantitative estimate of drug-likeness (QED) is 0.199. The number of carbonyl (C=O) groups is 2. The van der Waals surface area contributed by atoms with Crippen molar-refractivity contribution in [2.24, 2.45) is 0 Å². The maximum absolute atomic E-state index is 12.6. The van der Waals surface area contributed by atoms with Crippen LogP contribution in [-0.2, 0) is 0 Å². The fraction of sp³-hybridized carbons (Fsp3) is 0.0400. The van der Waals surface area contributed by atoms with Gasteiger partial charge in [0, 0.05) is 45.6 Å². The number of H-pyrrole nitrogens is 2. The van der Waals surface area contributed by atoms with Crippen LogP contribution < -0.4 is 21.3 Å². The number of amides is 4. The Morgan fingerprint density at radius 3 is 1.45 bits per heavy atom. The number of urea groups is 2. The summed E-state index contributed by atoms with van der Waals surface area (Å²) in [5.74, 6) is 0. The third-order valence-electron chi connectivity index (χ3n) is 5.52. The van der Waals surface area contributed by atoms with Gasteiger partial charge in [-0.15, -0.1) is 0 Å². The molecular formula is C25H22N6O2. The molecule has 164 valence electrons. The van der Waals surface area contributed by atoms with Gasteiger partial charge in [0.2, 0.25) is 0 Å². The van der Waals surface area contributed by atoms with E-state index in [1.165, 1.54) is 0 Å². The van der Waals surface area contributed by atoms with Crippen molar-refractivity contribution >= 4 is 56.6 Å². The third kappa shape index (κ3) is 4.09. The second-order valence-corrected chi connectivity index (χ2v) is 7.63. The Labute approximate surface area is 189 Å². The summed E-state index contributed by atoms with van der Waals surface area (Å²) in [7, 11) is 0. The molecule has 5 rings (SSSR count). The van der Waals surface area contributed by atoms with Crippen molar-refractivity contribution in [2.45, 2.75) is 6.92 Å². The van der Waals surface area contributed by atoms with Gasteiger partial charge in [-0.25, -0.2) is 9.59 Å². The van der Waals surface area contributed by atoms with Crippen LogP contribution in [0.5, 0.6) is 0 Å². The average molecular weight is 438 g/mol. The lowest BCUT2D eigenvalue weighted by atomic mass is 10.1. The number of hydrogen-bond acceptors (Lipinski definition) is 2. The highest BCUT2D eigenvalue weighted by molar-refractivity contribution is 6.08. The van der Waals surface area contributed by atoms with Crippen LogP contribution in [0.3, 0.4) is 0 Å². The number of fused-ring (bicyclic) bond motifs is 2. The Balaban J connectivity index is 1.28. The minimum atomic E-state index is -0.368. The number of nitrogens with one attached hydrogen (secondary N) is 6. The van der Waals surface area contributed by atoms with Crippen molar-refractivity contribution in [3.8, 4) is 0 Å². The average Bonchev–Trinajstić information content (AvgIpc) is 3.47. The number of anilines is 4. The predicted octanol–water partition coefficient (Wildman–Crippen LogP) is 6.25. The summed E-state index contributed by atoms with van der Waals surface area (Å²) in [6.07, 6.45) is 3.66. The first kappa shape index (κ1) is 20.2. The van der Waals surface area contributed by atoms with E-state index in [1.807, 2.05) is 67.8 Å². The van der Waals surface area contributed by atoms with Crippen LogP contribution in [0.25, 0.3) is 21.8 Å². The zero-order valence-electron chi connectivity index (χ0n) is 17.8. The molecule has 33 heavy (non-hydrogen) atoms. The zero-order chi connectivity index (χ0) is 22.8. The standard InChI is InChI=1S/C25H22N6O2/c1-15-18(28-24(32)30-22-9-3-7-20-16(22)11-13-26-20)5-2-6-19(15)29-25(33)31-23-10-4-8-21-17(23)12-14-27-21/h2-14,26-27H,1H3,(H2,28,30,32)(H2,29,31,33). The van der Waals surface area contributed by atoms with Crippen molar-refractivity contribution in [3.05, 3.63) is 84.7 Å². The number of rotatable bonds is 4. The van der Waals surface area contributed by atoms with E-state index >= 15 is 0 Å². The van der Waals surface area contributed by atoms with Gasteiger partial charge in [-0.1, -0.05) is 18.2 Å². The van der Waals surface area contributed by atoms with E-state index in [9.17, 15) is 9.59 Å². The largest absolute Gasteiger partial charge is 0.361 e. The van der Waals surface area contributed by atoms with E-state index < -0.39 is 0 Å². The van der Waals surface area contributed by atoms with Crippen molar-refractivity contribution in [1.82, 2.24) is 9.97 Å². The van der Waals surface area contributed by atoms with Gasteiger partial charge in [0.15, 0.2) is 0 Å². The van der Waals surface area contributed by atoms with Crippen LogP contribution in [0.4, 0.5) is 32.3 Å². The lowest BCUT2D eigenvalue weighted by Crippen LogP contribution is -2.22. The summed E-state index contributed by atoms with van der Waals surface area (Å²) in [4.78, 5) is 31.5. The molecule has 0 spiro atoms. The number of carbonyl (C=O) groups excluding carboxylic acids is 2. The van der Waals surface area contributed by atoms with E-state index in [0.29, 0.717) is 22.7 Å². The molecule has 0 atom stereocenters. The van der Waals surface area contributed by atoms with E-state index in [0.717, 1.165) is 27.4 Å².